The van der Waals surface area contributed by atoms with Gasteiger partial charge in [0.25, 0.3) is 15.0 Å². The van der Waals surface area contributed by atoms with Crippen LogP contribution in [0.3, 0.4) is 0 Å². The summed E-state index contributed by atoms with van der Waals surface area (Å²) >= 11 is 5.60. The number of halogens is 4. The quantitative estimate of drug-likeness (QED) is 0.873. The molecule has 0 aromatic heterocycles. The van der Waals surface area contributed by atoms with Crippen LogP contribution in [0, 0.1) is 0 Å². The van der Waals surface area contributed by atoms with Gasteiger partial charge in [-0.15, -0.1) is 0 Å². The number of carbonyl (C=O) groups excluding carboxylic acids is 1. The molecule has 0 saturated heterocycles. The number of rotatable bonds is 3. The zero-order valence-corrected chi connectivity index (χ0v) is 10.3. The van der Waals surface area contributed by atoms with Gasteiger partial charge in [0.2, 0.25) is 0 Å². The molecule has 17 heavy (non-hydrogen) atoms. The van der Waals surface area contributed by atoms with Crippen molar-refractivity contribution >= 4 is 42.9 Å². The fourth-order valence-corrected chi connectivity index (χ4v) is 2.01. The molecule has 1 amide bonds. The van der Waals surface area contributed by atoms with Crippen molar-refractivity contribution in [1.82, 2.24) is 0 Å². The Morgan fingerprint density at radius 2 is 1.94 bits per heavy atom. The fourth-order valence-electron chi connectivity index (χ4n) is 0.936. The van der Waals surface area contributed by atoms with Gasteiger partial charge in [0, 0.05) is 10.7 Å². The third-order valence-corrected chi connectivity index (χ3v) is 3.34. The zero-order chi connectivity index (χ0) is 13.2. The Morgan fingerprint density at radius 1 is 1.35 bits per heavy atom. The molecule has 0 aliphatic carbocycles. The van der Waals surface area contributed by atoms with E-state index in [4.69, 9.17) is 22.3 Å². The van der Waals surface area contributed by atoms with E-state index < -0.39 is 21.4 Å². The summed E-state index contributed by atoms with van der Waals surface area (Å²) in [6.07, 6.45) is -3.19. The second kappa shape index (κ2) is 5.16. The monoisotopic (exact) mass is 303 g/mol. The normalized spacial score (nSPS) is 11.6. The van der Waals surface area contributed by atoms with E-state index in [-0.39, 0.29) is 15.6 Å². The second-order valence-electron chi connectivity index (χ2n) is 2.87. The first-order chi connectivity index (χ1) is 7.71. The zero-order valence-electron chi connectivity index (χ0n) is 7.95. The molecule has 0 aliphatic heterocycles. The highest BCUT2D eigenvalue weighted by molar-refractivity contribution is 8.13. The molecule has 0 radical (unpaired) electrons. The van der Waals surface area contributed by atoms with Gasteiger partial charge in [-0.2, -0.15) is 8.78 Å². The van der Waals surface area contributed by atoms with Gasteiger partial charge >= 0.3 is 6.43 Å². The van der Waals surface area contributed by atoms with E-state index in [9.17, 15) is 22.0 Å². The van der Waals surface area contributed by atoms with Gasteiger partial charge in [0.1, 0.15) is 0 Å². The Bertz CT molecular complexity index is 548. The summed E-state index contributed by atoms with van der Waals surface area (Å²) in [5, 5.41) is 1.62. The van der Waals surface area contributed by atoms with Crippen molar-refractivity contribution in [2.45, 2.75) is 11.3 Å². The predicted octanol–water partition coefficient (Wildman–Crippen LogP) is 2.47. The summed E-state index contributed by atoms with van der Waals surface area (Å²) in [6.45, 7) is 0. The summed E-state index contributed by atoms with van der Waals surface area (Å²) in [6, 6.07) is 3.05. The maximum absolute atomic E-state index is 11.9. The van der Waals surface area contributed by atoms with Crippen LogP contribution in [0.1, 0.15) is 0 Å². The highest BCUT2D eigenvalue weighted by Crippen LogP contribution is 2.27. The number of benzene rings is 1. The Hall–Kier alpha value is -0.920. The van der Waals surface area contributed by atoms with E-state index >= 15 is 0 Å². The van der Waals surface area contributed by atoms with Crippen molar-refractivity contribution in [3.63, 3.8) is 0 Å². The lowest BCUT2D eigenvalue weighted by Gasteiger charge is -2.07. The number of alkyl halides is 2. The Kier molecular flexibility index (Phi) is 4.29. The maximum Gasteiger partial charge on any atom is 0.315 e. The van der Waals surface area contributed by atoms with E-state index in [2.05, 4.69) is 0 Å². The molecule has 94 valence electrons. The van der Waals surface area contributed by atoms with Crippen LogP contribution >= 0.6 is 22.3 Å². The highest BCUT2D eigenvalue weighted by Gasteiger charge is 2.18. The topological polar surface area (TPSA) is 63.2 Å². The third kappa shape index (κ3) is 3.79. The van der Waals surface area contributed by atoms with E-state index in [1.165, 1.54) is 0 Å². The number of nitrogens with one attached hydrogen (secondary N) is 1. The maximum atomic E-state index is 11.9. The van der Waals surface area contributed by atoms with Crippen molar-refractivity contribution in [2.24, 2.45) is 0 Å². The molecular formula is C8H5Cl2F2NO3S. The van der Waals surface area contributed by atoms with Crippen molar-refractivity contribution in [1.29, 1.82) is 0 Å². The number of amides is 1. The van der Waals surface area contributed by atoms with Crippen LogP contribution in [0.15, 0.2) is 23.1 Å². The molecule has 9 heteroatoms. The third-order valence-electron chi connectivity index (χ3n) is 1.68. The van der Waals surface area contributed by atoms with Crippen molar-refractivity contribution in [3.05, 3.63) is 23.2 Å². The Morgan fingerprint density at radius 3 is 2.35 bits per heavy atom. The van der Waals surface area contributed by atoms with Crippen molar-refractivity contribution in [3.8, 4) is 0 Å². The number of hydrogen-bond acceptors (Lipinski definition) is 3. The average Bonchev–Trinajstić information content (AvgIpc) is 2.19. The molecule has 1 N–H and O–H groups in total. The van der Waals surface area contributed by atoms with E-state index in [1.54, 1.807) is 0 Å². The van der Waals surface area contributed by atoms with Gasteiger partial charge in [-0.25, -0.2) is 8.42 Å². The smallest absolute Gasteiger partial charge is 0.315 e. The molecule has 0 aliphatic rings. The Balaban J connectivity index is 3.03. The van der Waals surface area contributed by atoms with Crippen LogP contribution in [-0.2, 0) is 13.8 Å². The predicted molar refractivity (Wildman–Crippen MR) is 59.1 cm³/mol. The SMILES string of the molecule is O=C(Nc1ccc(S(=O)(=O)Cl)cc1Cl)C(F)F. The fraction of sp³-hybridized carbons (Fsp3) is 0.125. The number of anilines is 1. The lowest BCUT2D eigenvalue weighted by atomic mass is 10.3. The molecule has 1 aromatic carbocycles. The van der Waals surface area contributed by atoms with Gasteiger partial charge in [-0.3, -0.25) is 4.79 Å². The van der Waals surface area contributed by atoms with Crippen LogP contribution in [0.5, 0.6) is 0 Å². The van der Waals surface area contributed by atoms with Crippen molar-refractivity contribution < 1.29 is 22.0 Å². The number of carbonyl (C=O) groups is 1. The highest BCUT2D eigenvalue weighted by atomic mass is 35.7. The minimum atomic E-state index is -3.96. The average molecular weight is 304 g/mol. The molecular weight excluding hydrogens is 299 g/mol. The lowest BCUT2D eigenvalue weighted by molar-refractivity contribution is -0.126. The van der Waals surface area contributed by atoms with Gasteiger partial charge in [-0.1, -0.05) is 11.6 Å². The van der Waals surface area contributed by atoms with Crippen LogP contribution in [0.25, 0.3) is 0 Å². The molecule has 0 bridgehead atoms. The summed E-state index contributed by atoms with van der Waals surface area (Å²) in [5.74, 6) is -1.53. The molecule has 0 unspecified atom stereocenters. The van der Waals surface area contributed by atoms with Gasteiger partial charge in [0.05, 0.1) is 15.6 Å². The minimum Gasteiger partial charge on any atom is -0.320 e. The lowest BCUT2D eigenvalue weighted by Crippen LogP contribution is -2.20. The Labute approximate surface area is 105 Å². The van der Waals surface area contributed by atoms with Crippen LogP contribution in [-0.4, -0.2) is 20.8 Å². The summed E-state index contributed by atoms with van der Waals surface area (Å²) < 4.78 is 45.7. The van der Waals surface area contributed by atoms with Crippen molar-refractivity contribution in [2.75, 3.05) is 5.32 Å². The van der Waals surface area contributed by atoms with Crippen LogP contribution < -0.4 is 5.32 Å². The largest absolute Gasteiger partial charge is 0.320 e. The number of hydrogen-bond donors (Lipinski definition) is 1. The molecule has 0 atom stereocenters. The van der Waals surface area contributed by atoms with Gasteiger partial charge in [-0.05, 0) is 18.2 Å². The molecule has 0 heterocycles. The summed E-state index contributed by atoms with van der Waals surface area (Å²) in [7, 11) is 1.09. The molecule has 1 rings (SSSR count). The first kappa shape index (κ1) is 14.1. The minimum absolute atomic E-state index is 0.124. The molecule has 0 spiro atoms. The standard InChI is InChI=1S/C8H5Cl2F2NO3S/c9-5-3-4(17(10,15)16)1-2-6(5)13-8(14)7(11)12/h1-3,7H,(H,13,14). The van der Waals surface area contributed by atoms with Crippen LogP contribution in [0.2, 0.25) is 5.02 Å². The van der Waals surface area contributed by atoms with E-state index in [0.29, 0.717) is 0 Å². The summed E-state index contributed by atoms with van der Waals surface area (Å²) in [5.41, 5.74) is -0.124. The first-order valence-electron chi connectivity index (χ1n) is 4.05. The van der Waals surface area contributed by atoms with Crippen LogP contribution in [0.4, 0.5) is 14.5 Å². The molecule has 0 saturated carbocycles. The molecule has 1 aromatic rings. The summed E-state index contributed by atoms with van der Waals surface area (Å²) in [4.78, 5) is 10.4. The molecule has 0 fully saturated rings. The van der Waals surface area contributed by atoms with Gasteiger partial charge < -0.3 is 5.32 Å². The first-order valence-corrected chi connectivity index (χ1v) is 6.74. The van der Waals surface area contributed by atoms with E-state index in [1.807, 2.05) is 5.32 Å². The molecule has 4 nitrogen and oxygen atoms in total. The van der Waals surface area contributed by atoms with Gasteiger partial charge in [0.15, 0.2) is 0 Å². The second-order valence-corrected chi connectivity index (χ2v) is 5.84. The van der Waals surface area contributed by atoms with E-state index in [0.717, 1.165) is 18.2 Å².